The van der Waals surface area contributed by atoms with Crippen LogP contribution >= 0.6 is 0 Å². The van der Waals surface area contributed by atoms with E-state index in [1.807, 2.05) is 32.0 Å². The standard InChI is InChI=1S/C17H31N5O/c1-20(2)11-8-18-17(23)5-4-15-6-9-22(10-7-15)14-16-12-19-21(3)13-16/h12-13,15H,4-11,14H2,1-3H3,(H,18,23). The zero-order valence-electron chi connectivity index (χ0n) is 14.8. The summed E-state index contributed by atoms with van der Waals surface area (Å²) in [6.45, 7) is 4.89. The van der Waals surface area contributed by atoms with Crippen molar-refractivity contribution in [1.29, 1.82) is 0 Å². The summed E-state index contributed by atoms with van der Waals surface area (Å²) < 4.78 is 1.86. The van der Waals surface area contributed by atoms with E-state index in [9.17, 15) is 4.79 Å². The molecule has 0 saturated carbocycles. The van der Waals surface area contributed by atoms with Crippen LogP contribution in [0.5, 0.6) is 0 Å². The van der Waals surface area contributed by atoms with Gasteiger partial charge in [0, 0.05) is 44.9 Å². The fourth-order valence-corrected chi connectivity index (χ4v) is 3.09. The van der Waals surface area contributed by atoms with Crippen molar-refractivity contribution in [3.05, 3.63) is 18.0 Å². The van der Waals surface area contributed by atoms with Gasteiger partial charge >= 0.3 is 0 Å². The van der Waals surface area contributed by atoms with Crippen LogP contribution in [0.3, 0.4) is 0 Å². The lowest BCUT2D eigenvalue weighted by Crippen LogP contribution is -2.34. The number of amides is 1. The monoisotopic (exact) mass is 321 g/mol. The van der Waals surface area contributed by atoms with Crippen LogP contribution in [-0.4, -0.2) is 65.8 Å². The predicted octanol–water partition coefficient (Wildman–Crippen LogP) is 1.09. The number of likely N-dealkylation sites (N-methyl/N-ethyl adjacent to an activating group) is 1. The quantitative estimate of drug-likeness (QED) is 0.779. The molecule has 0 aliphatic carbocycles. The number of aryl methyl sites for hydroxylation is 1. The van der Waals surface area contributed by atoms with Crippen LogP contribution in [-0.2, 0) is 18.4 Å². The Hall–Kier alpha value is -1.40. The second kappa shape index (κ2) is 9.03. The van der Waals surface area contributed by atoms with Crippen LogP contribution in [0.4, 0.5) is 0 Å². The molecule has 130 valence electrons. The number of nitrogens with zero attached hydrogens (tertiary/aromatic N) is 4. The molecule has 23 heavy (non-hydrogen) atoms. The summed E-state index contributed by atoms with van der Waals surface area (Å²) >= 11 is 0. The van der Waals surface area contributed by atoms with Crippen LogP contribution in [0.1, 0.15) is 31.2 Å². The van der Waals surface area contributed by atoms with Crippen LogP contribution in [0, 0.1) is 5.92 Å². The van der Waals surface area contributed by atoms with E-state index in [1.165, 1.54) is 18.4 Å². The van der Waals surface area contributed by atoms with Crippen LogP contribution in [0.25, 0.3) is 0 Å². The van der Waals surface area contributed by atoms with Gasteiger partial charge in [0.1, 0.15) is 0 Å². The molecule has 1 aromatic rings. The van der Waals surface area contributed by atoms with Gasteiger partial charge in [-0.1, -0.05) is 0 Å². The fraction of sp³-hybridized carbons (Fsp3) is 0.765. The normalized spacial score (nSPS) is 16.9. The predicted molar refractivity (Wildman–Crippen MR) is 92.0 cm³/mol. The second-order valence-corrected chi connectivity index (χ2v) is 6.93. The molecule has 1 saturated heterocycles. The summed E-state index contributed by atoms with van der Waals surface area (Å²) in [5, 5.41) is 7.22. The highest BCUT2D eigenvalue weighted by atomic mass is 16.1. The van der Waals surface area contributed by atoms with Crippen molar-refractivity contribution in [2.24, 2.45) is 13.0 Å². The van der Waals surface area contributed by atoms with Gasteiger partial charge in [0.2, 0.25) is 5.91 Å². The SMILES string of the molecule is CN(C)CCNC(=O)CCC1CCN(Cc2cnn(C)c2)CC1. The van der Waals surface area contributed by atoms with E-state index in [1.54, 1.807) is 0 Å². The number of likely N-dealkylation sites (tertiary alicyclic amines) is 1. The molecule has 1 aromatic heterocycles. The topological polar surface area (TPSA) is 53.4 Å². The van der Waals surface area contributed by atoms with E-state index in [2.05, 4.69) is 26.4 Å². The largest absolute Gasteiger partial charge is 0.355 e. The van der Waals surface area contributed by atoms with Crippen molar-refractivity contribution in [1.82, 2.24) is 24.9 Å². The van der Waals surface area contributed by atoms with Gasteiger partial charge in [-0.25, -0.2) is 0 Å². The number of carbonyl (C=O) groups excluding carboxylic acids is 1. The summed E-state index contributed by atoms with van der Waals surface area (Å²) in [6, 6.07) is 0. The van der Waals surface area contributed by atoms with Gasteiger partial charge in [0.05, 0.1) is 6.20 Å². The third kappa shape index (κ3) is 6.71. The molecule has 0 atom stereocenters. The Morgan fingerprint density at radius 3 is 2.74 bits per heavy atom. The number of aromatic nitrogens is 2. The molecule has 1 fully saturated rings. The van der Waals surface area contributed by atoms with Gasteiger partial charge in [-0.15, -0.1) is 0 Å². The lowest BCUT2D eigenvalue weighted by Gasteiger charge is -2.31. The molecule has 0 aromatic carbocycles. The summed E-state index contributed by atoms with van der Waals surface area (Å²) in [6.07, 6.45) is 8.13. The Morgan fingerprint density at radius 2 is 2.13 bits per heavy atom. The molecular weight excluding hydrogens is 290 g/mol. The molecule has 0 radical (unpaired) electrons. The minimum absolute atomic E-state index is 0.199. The smallest absolute Gasteiger partial charge is 0.220 e. The average Bonchev–Trinajstić information content (AvgIpc) is 2.91. The first kappa shape index (κ1) is 17.9. The summed E-state index contributed by atoms with van der Waals surface area (Å²) in [5.41, 5.74) is 1.28. The fourth-order valence-electron chi connectivity index (χ4n) is 3.09. The van der Waals surface area contributed by atoms with Crippen LogP contribution in [0.2, 0.25) is 0 Å². The number of piperidine rings is 1. The van der Waals surface area contributed by atoms with Crippen molar-refractivity contribution in [2.45, 2.75) is 32.2 Å². The lowest BCUT2D eigenvalue weighted by atomic mass is 9.92. The van der Waals surface area contributed by atoms with Gasteiger partial charge in [-0.3, -0.25) is 14.4 Å². The third-order valence-corrected chi connectivity index (χ3v) is 4.53. The van der Waals surface area contributed by atoms with Crippen LogP contribution in [0.15, 0.2) is 12.4 Å². The number of carbonyl (C=O) groups is 1. The molecule has 1 aliphatic rings. The van der Waals surface area contributed by atoms with E-state index in [0.717, 1.165) is 39.1 Å². The van der Waals surface area contributed by atoms with E-state index < -0.39 is 0 Å². The van der Waals surface area contributed by atoms with Crippen molar-refractivity contribution >= 4 is 5.91 Å². The van der Waals surface area contributed by atoms with Crippen molar-refractivity contribution in [2.75, 3.05) is 40.3 Å². The van der Waals surface area contributed by atoms with Gasteiger partial charge in [0.25, 0.3) is 0 Å². The maximum atomic E-state index is 11.8. The third-order valence-electron chi connectivity index (χ3n) is 4.53. The molecule has 2 heterocycles. The highest BCUT2D eigenvalue weighted by Gasteiger charge is 2.20. The van der Waals surface area contributed by atoms with Crippen molar-refractivity contribution in [3.63, 3.8) is 0 Å². The van der Waals surface area contributed by atoms with E-state index >= 15 is 0 Å². The molecule has 1 amide bonds. The minimum atomic E-state index is 0.199. The molecule has 6 heteroatoms. The summed E-state index contributed by atoms with van der Waals surface area (Å²) in [4.78, 5) is 16.4. The highest BCUT2D eigenvalue weighted by Crippen LogP contribution is 2.22. The Labute approximate surface area is 139 Å². The molecule has 6 nitrogen and oxygen atoms in total. The van der Waals surface area contributed by atoms with Crippen LogP contribution < -0.4 is 5.32 Å². The number of rotatable bonds is 8. The van der Waals surface area contributed by atoms with Gasteiger partial charge in [0.15, 0.2) is 0 Å². The number of nitrogens with one attached hydrogen (secondary N) is 1. The van der Waals surface area contributed by atoms with E-state index in [0.29, 0.717) is 12.3 Å². The van der Waals surface area contributed by atoms with Gasteiger partial charge < -0.3 is 10.2 Å². The first-order valence-electron chi connectivity index (χ1n) is 8.64. The first-order chi connectivity index (χ1) is 11.0. The average molecular weight is 321 g/mol. The zero-order chi connectivity index (χ0) is 16.7. The highest BCUT2D eigenvalue weighted by molar-refractivity contribution is 5.75. The molecule has 0 unspecified atom stereocenters. The first-order valence-corrected chi connectivity index (χ1v) is 8.64. The molecule has 2 rings (SSSR count). The minimum Gasteiger partial charge on any atom is -0.355 e. The Bertz CT molecular complexity index is 477. The Kier molecular flexibility index (Phi) is 7.05. The molecule has 1 aliphatic heterocycles. The molecule has 0 spiro atoms. The second-order valence-electron chi connectivity index (χ2n) is 6.93. The van der Waals surface area contributed by atoms with Crippen molar-refractivity contribution in [3.8, 4) is 0 Å². The molecular formula is C17H31N5O. The van der Waals surface area contributed by atoms with E-state index in [4.69, 9.17) is 0 Å². The maximum Gasteiger partial charge on any atom is 0.220 e. The lowest BCUT2D eigenvalue weighted by molar-refractivity contribution is -0.121. The maximum absolute atomic E-state index is 11.8. The molecule has 1 N–H and O–H groups in total. The van der Waals surface area contributed by atoms with Gasteiger partial charge in [-0.2, -0.15) is 5.10 Å². The number of hydrogen-bond acceptors (Lipinski definition) is 4. The summed E-state index contributed by atoms with van der Waals surface area (Å²) in [5.74, 6) is 0.893. The zero-order valence-corrected chi connectivity index (χ0v) is 14.8. The van der Waals surface area contributed by atoms with Gasteiger partial charge in [-0.05, 0) is 52.4 Å². The number of hydrogen-bond donors (Lipinski definition) is 1. The van der Waals surface area contributed by atoms with E-state index in [-0.39, 0.29) is 5.91 Å². The Balaban J connectivity index is 1.58. The van der Waals surface area contributed by atoms with Crippen molar-refractivity contribution < 1.29 is 4.79 Å². The molecule has 0 bridgehead atoms. The summed E-state index contributed by atoms with van der Waals surface area (Å²) in [7, 11) is 6.00. The Morgan fingerprint density at radius 1 is 1.39 bits per heavy atom.